The standard InChI is InChI=1S/C17H21N3OS/c1-12(2)21-15-10-16(22-11-15)9-13-3-5-14(6-4-13)20-17-18-7-8-19-17/h3-6,10-12H,7-9H2,1-2H3,(H2,18,19,20). The maximum atomic E-state index is 5.71. The molecule has 2 aromatic rings. The summed E-state index contributed by atoms with van der Waals surface area (Å²) >= 11 is 1.75. The van der Waals surface area contributed by atoms with Crippen molar-refractivity contribution in [3.05, 3.63) is 46.2 Å². The minimum absolute atomic E-state index is 0.222. The van der Waals surface area contributed by atoms with Crippen LogP contribution in [-0.4, -0.2) is 25.2 Å². The van der Waals surface area contributed by atoms with E-state index < -0.39 is 0 Å². The molecule has 0 atom stereocenters. The first-order valence-corrected chi connectivity index (χ1v) is 8.45. The summed E-state index contributed by atoms with van der Waals surface area (Å²) in [7, 11) is 0. The highest BCUT2D eigenvalue weighted by Gasteiger charge is 2.06. The molecule has 2 N–H and O–H groups in total. The Balaban J connectivity index is 1.59. The third kappa shape index (κ3) is 4.01. The summed E-state index contributed by atoms with van der Waals surface area (Å²) in [5.41, 5.74) is 2.36. The lowest BCUT2D eigenvalue weighted by molar-refractivity contribution is 0.243. The van der Waals surface area contributed by atoms with Crippen LogP contribution in [0.4, 0.5) is 5.69 Å². The molecule has 2 heterocycles. The lowest BCUT2D eigenvalue weighted by atomic mass is 10.1. The van der Waals surface area contributed by atoms with E-state index in [0.29, 0.717) is 0 Å². The predicted molar refractivity (Wildman–Crippen MR) is 93.3 cm³/mol. The quantitative estimate of drug-likeness (QED) is 0.888. The van der Waals surface area contributed by atoms with E-state index in [4.69, 9.17) is 4.74 Å². The van der Waals surface area contributed by atoms with Crippen LogP contribution in [0.5, 0.6) is 5.75 Å². The van der Waals surface area contributed by atoms with Crippen molar-refractivity contribution >= 4 is 23.0 Å². The van der Waals surface area contributed by atoms with Gasteiger partial charge in [-0.15, -0.1) is 11.3 Å². The van der Waals surface area contributed by atoms with Crippen molar-refractivity contribution in [3.8, 4) is 5.75 Å². The van der Waals surface area contributed by atoms with Crippen molar-refractivity contribution in [2.24, 2.45) is 4.99 Å². The SMILES string of the molecule is CC(C)Oc1csc(Cc2ccc(NC3=NCCN3)cc2)c1. The molecule has 0 fully saturated rings. The molecule has 0 amide bonds. The zero-order valence-electron chi connectivity index (χ0n) is 12.9. The van der Waals surface area contributed by atoms with E-state index in [0.717, 1.165) is 36.9 Å². The van der Waals surface area contributed by atoms with Crippen LogP contribution < -0.4 is 15.4 Å². The molecule has 0 bridgehead atoms. The first kappa shape index (κ1) is 14.9. The average Bonchev–Trinajstić information content (AvgIpc) is 3.13. The predicted octanol–water partition coefficient (Wildman–Crippen LogP) is 3.50. The summed E-state index contributed by atoms with van der Waals surface area (Å²) in [6, 6.07) is 10.6. The Kier molecular flexibility index (Phi) is 4.63. The van der Waals surface area contributed by atoms with Crippen molar-refractivity contribution in [1.82, 2.24) is 5.32 Å². The number of nitrogens with zero attached hydrogens (tertiary/aromatic N) is 1. The van der Waals surface area contributed by atoms with Gasteiger partial charge in [0, 0.05) is 28.9 Å². The van der Waals surface area contributed by atoms with Crippen LogP contribution in [0, 0.1) is 0 Å². The smallest absolute Gasteiger partial charge is 0.195 e. The number of hydrogen-bond acceptors (Lipinski definition) is 5. The molecule has 3 rings (SSSR count). The Morgan fingerprint density at radius 3 is 2.82 bits per heavy atom. The van der Waals surface area contributed by atoms with Gasteiger partial charge in [-0.05, 0) is 37.6 Å². The van der Waals surface area contributed by atoms with Gasteiger partial charge in [0.05, 0.1) is 12.6 Å². The number of thiophene rings is 1. The van der Waals surface area contributed by atoms with Gasteiger partial charge >= 0.3 is 0 Å². The van der Waals surface area contributed by atoms with E-state index >= 15 is 0 Å². The van der Waals surface area contributed by atoms with Crippen molar-refractivity contribution in [1.29, 1.82) is 0 Å². The van der Waals surface area contributed by atoms with Gasteiger partial charge in [-0.2, -0.15) is 0 Å². The number of guanidine groups is 1. The Morgan fingerprint density at radius 2 is 2.14 bits per heavy atom. The van der Waals surface area contributed by atoms with Crippen LogP contribution in [-0.2, 0) is 6.42 Å². The number of benzene rings is 1. The summed E-state index contributed by atoms with van der Waals surface area (Å²) in [6.45, 7) is 5.86. The lowest BCUT2D eigenvalue weighted by Crippen LogP contribution is -2.26. The molecule has 0 unspecified atom stereocenters. The molecular formula is C17H21N3OS. The van der Waals surface area contributed by atoms with E-state index in [2.05, 4.69) is 51.3 Å². The normalized spacial score (nSPS) is 13.9. The molecule has 0 aliphatic carbocycles. The highest BCUT2D eigenvalue weighted by molar-refractivity contribution is 7.10. The minimum Gasteiger partial charge on any atom is -0.490 e. The fraction of sp³-hybridized carbons (Fsp3) is 0.353. The van der Waals surface area contributed by atoms with E-state index in [9.17, 15) is 0 Å². The number of nitrogens with one attached hydrogen (secondary N) is 2. The molecular weight excluding hydrogens is 294 g/mol. The fourth-order valence-electron chi connectivity index (χ4n) is 2.31. The zero-order valence-corrected chi connectivity index (χ0v) is 13.7. The molecule has 4 nitrogen and oxygen atoms in total. The van der Waals surface area contributed by atoms with Gasteiger partial charge < -0.3 is 15.4 Å². The van der Waals surface area contributed by atoms with Gasteiger partial charge in [-0.1, -0.05) is 12.1 Å². The molecule has 116 valence electrons. The van der Waals surface area contributed by atoms with E-state index in [1.54, 1.807) is 11.3 Å². The number of rotatable bonds is 5. The third-order valence-electron chi connectivity index (χ3n) is 3.27. The Morgan fingerprint density at radius 1 is 1.32 bits per heavy atom. The van der Waals surface area contributed by atoms with Crippen LogP contribution in [0.1, 0.15) is 24.3 Å². The van der Waals surface area contributed by atoms with Crippen molar-refractivity contribution in [2.45, 2.75) is 26.4 Å². The summed E-state index contributed by atoms with van der Waals surface area (Å²) < 4.78 is 5.71. The summed E-state index contributed by atoms with van der Waals surface area (Å²) in [4.78, 5) is 5.65. The summed E-state index contributed by atoms with van der Waals surface area (Å²) in [5.74, 6) is 1.83. The van der Waals surface area contributed by atoms with Gasteiger partial charge in [0.2, 0.25) is 0 Å². The Labute approximate surface area is 135 Å². The van der Waals surface area contributed by atoms with Crippen LogP contribution in [0.3, 0.4) is 0 Å². The maximum Gasteiger partial charge on any atom is 0.195 e. The second kappa shape index (κ2) is 6.83. The van der Waals surface area contributed by atoms with Crippen LogP contribution >= 0.6 is 11.3 Å². The second-order valence-corrected chi connectivity index (χ2v) is 6.57. The van der Waals surface area contributed by atoms with E-state index in [1.165, 1.54) is 10.4 Å². The summed E-state index contributed by atoms with van der Waals surface area (Å²) in [6.07, 6.45) is 1.16. The molecule has 1 aliphatic heterocycles. The second-order valence-electron chi connectivity index (χ2n) is 5.57. The minimum atomic E-state index is 0.222. The maximum absolute atomic E-state index is 5.71. The van der Waals surface area contributed by atoms with Crippen LogP contribution in [0.15, 0.2) is 40.7 Å². The van der Waals surface area contributed by atoms with Crippen LogP contribution in [0.2, 0.25) is 0 Å². The number of hydrogen-bond donors (Lipinski definition) is 2. The lowest BCUT2D eigenvalue weighted by Gasteiger charge is -2.07. The van der Waals surface area contributed by atoms with Gasteiger partial charge in [0.25, 0.3) is 0 Å². The number of ether oxygens (including phenoxy) is 1. The molecule has 0 radical (unpaired) electrons. The van der Waals surface area contributed by atoms with Crippen LogP contribution in [0.25, 0.3) is 0 Å². The monoisotopic (exact) mass is 315 g/mol. The van der Waals surface area contributed by atoms with E-state index in [1.807, 2.05) is 13.8 Å². The van der Waals surface area contributed by atoms with Gasteiger partial charge in [0.15, 0.2) is 5.96 Å². The fourth-order valence-corrected chi connectivity index (χ4v) is 3.14. The topological polar surface area (TPSA) is 45.6 Å². The Bertz CT molecular complexity index is 646. The van der Waals surface area contributed by atoms with Gasteiger partial charge in [-0.25, -0.2) is 0 Å². The van der Waals surface area contributed by atoms with Crippen molar-refractivity contribution in [3.63, 3.8) is 0 Å². The first-order valence-electron chi connectivity index (χ1n) is 7.57. The average molecular weight is 315 g/mol. The van der Waals surface area contributed by atoms with Gasteiger partial charge in [0.1, 0.15) is 5.75 Å². The molecule has 22 heavy (non-hydrogen) atoms. The molecule has 5 heteroatoms. The van der Waals surface area contributed by atoms with Crippen molar-refractivity contribution < 1.29 is 4.74 Å². The Hall–Kier alpha value is -2.01. The number of anilines is 1. The third-order valence-corrected chi connectivity index (χ3v) is 4.19. The van der Waals surface area contributed by atoms with E-state index in [-0.39, 0.29) is 6.10 Å². The molecule has 1 aromatic heterocycles. The highest BCUT2D eigenvalue weighted by atomic mass is 32.1. The van der Waals surface area contributed by atoms with Crippen molar-refractivity contribution in [2.75, 3.05) is 18.4 Å². The van der Waals surface area contributed by atoms with Gasteiger partial charge in [-0.3, -0.25) is 4.99 Å². The summed E-state index contributed by atoms with van der Waals surface area (Å²) in [5, 5.41) is 8.56. The molecule has 0 saturated heterocycles. The molecule has 0 saturated carbocycles. The highest BCUT2D eigenvalue weighted by Crippen LogP contribution is 2.25. The molecule has 1 aliphatic rings. The molecule has 1 aromatic carbocycles. The zero-order chi connectivity index (χ0) is 15.4. The molecule has 0 spiro atoms. The number of aliphatic imine (C=N–C) groups is 1. The largest absolute Gasteiger partial charge is 0.490 e. The first-order chi connectivity index (χ1) is 10.7.